The van der Waals surface area contributed by atoms with Gasteiger partial charge < -0.3 is 4.98 Å². The van der Waals surface area contributed by atoms with Gasteiger partial charge in [0.05, 0.1) is 15.9 Å². The molecule has 8 nitrogen and oxygen atoms in total. The Bertz CT molecular complexity index is 1080. The molecule has 10 heteroatoms. The van der Waals surface area contributed by atoms with Crippen molar-refractivity contribution in [3.63, 3.8) is 0 Å². The van der Waals surface area contributed by atoms with Crippen molar-refractivity contribution >= 4 is 31.3 Å². The van der Waals surface area contributed by atoms with Crippen LogP contribution in [0.3, 0.4) is 0 Å². The van der Waals surface area contributed by atoms with Crippen LogP contribution < -0.4 is 0 Å². The molecule has 0 amide bonds. The van der Waals surface area contributed by atoms with Crippen molar-refractivity contribution in [1.82, 2.24) is 9.97 Å². The average Bonchev–Trinajstić information content (AvgIpc) is 2.88. The number of rotatable bonds is 3. The summed E-state index contributed by atoms with van der Waals surface area (Å²) in [6.07, 6.45) is 0. The second kappa shape index (κ2) is 5.13. The molecule has 3 aromatic rings. The van der Waals surface area contributed by atoms with Crippen molar-refractivity contribution in [3.8, 4) is 11.4 Å². The van der Waals surface area contributed by atoms with Crippen LogP contribution in [-0.2, 0) is 20.2 Å². The summed E-state index contributed by atoms with van der Waals surface area (Å²) in [6, 6.07) is 9.54. The smallest absolute Gasteiger partial charge is 0.295 e. The lowest BCUT2D eigenvalue weighted by atomic mass is 10.2. The van der Waals surface area contributed by atoms with Crippen LogP contribution in [0, 0.1) is 0 Å². The minimum Gasteiger partial charge on any atom is -0.338 e. The van der Waals surface area contributed by atoms with Gasteiger partial charge >= 0.3 is 0 Å². The third-order valence-corrected chi connectivity index (χ3v) is 4.93. The molecule has 0 radical (unpaired) electrons. The summed E-state index contributed by atoms with van der Waals surface area (Å²) in [7, 11) is -9.16. The summed E-state index contributed by atoms with van der Waals surface area (Å²) in [5.41, 5.74) is 0.959. The maximum Gasteiger partial charge on any atom is 0.295 e. The Morgan fingerprint density at radius 1 is 0.913 bits per heavy atom. The molecular formula is C13H10N2O6S2. The normalized spacial score (nSPS) is 12.6. The zero-order valence-corrected chi connectivity index (χ0v) is 13.0. The molecule has 0 spiro atoms. The molecule has 3 N–H and O–H groups in total. The van der Waals surface area contributed by atoms with Gasteiger partial charge in [-0.15, -0.1) is 0 Å². The van der Waals surface area contributed by atoms with E-state index < -0.39 is 30.0 Å². The zero-order chi connectivity index (χ0) is 16.8. The fraction of sp³-hybridized carbons (Fsp3) is 0. The van der Waals surface area contributed by atoms with Crippen molar-refractivity contribution in [3.05, 3.63) is 42.5 Å². The lowest BCUT2D eigenvalue weighted by Crippen LogP contribution is -2.05. The Kier molecular flexibility index (Phi) is 3.48. The van der Waals surface area contributed by atoms with Gasteiger partial charge in [-0.3, -0.25) is 9.11 Å². The highest BCUT2D eigenvalue weighted by Crippen LogP contribution is 2.29. The maximum absolute atomic E-state index is 11.5. The minimum atomic E-state index is -4.62. The number of nitrogens with zero attached hydrogens (tertiary/aromatic N) is 1. The number of hydrogen-bond acceptors (Lipinski definition) is 5. The first-order valence-electron chi connectivity index (χ1n) is 6.20. The van der Waals surface area contributed by atoms with Gasteiger partial charge in [-0.05, 0) is 30.3 Å². The van der Waals surface area contributed by atoms with Crippen LogP contribution >= 0.6 is 0 Å². The predicted octanol–water partition coefficient (Wildman–Crippen LogP) is 1.72. The number of aromatic amines is 1. The number of para-hydroxylation sites is 2. The second-order valence-electron chi connectivity index (χ2n) is 4.71. The van der Waals surface area contributed by atoms with Crippen molar-refractivity contribution in [1.29, 1.82) is 0 Å². The van der Waals surface area contributed by atoms with Crippen LogP contribution in [-0.4, -0.2) is 35.9 Å². The van der Waals surface area contributed by atoms with Crippen LogP contribution in [0.15, 0.2) is 52.3 Å². The van der Waals surface area contributed by atoms with Gasteiger partial charge in [0.25, 0.3) is 20.2 Å². The molecule has 3 rings (SSSR count). The fourth-order valence-corrected chi connectivity index (χ4v) is 3.34. The van der Waals surface area contributed by atoms with E-state index in [1.165, 1.54) is 0 Å². The van der Waals surface area contributed by atoms with Gasteiger partial charge in [0.15, 0.2) is 0 Å². The molecule has 0 fully saturated rings. The van der Waals surface area contributed by atoms with E-state index in [2.05, 4.69) is 9.97 Å². The first kappa shape index (κ1) is 15.6. The summed E-state index contributed by atoms with van der Waals surface area (Å²) >= 11 is 0. The second-order valence-corrected chi connectivity index (χ2v) is 7.52. The highest BCUT2D eigenvalue weighted by molar-refractivity contribution is 7.86. The zero-order valence-electron chi connectivity index (χ0n) is 11.3. The van der Waals surface area contributed by atoms with Gasteiger partial charge in [0.2, 0.25) is 0 Å². The Labute approximate surface area is 131 Å². The van der Waals surface area contributed by atoms with Crippen molar-refractivity contribution in [2.45, 2.75) is 9.79 Å². The topological polar surface area (TPSA) is 137 Å². The largest absolute Gasteiger partial charge is 0.338 e. The Balaban J connectivity index is 2.34. The quantitative estimate of drug-likeness (QED) is 0.609. The highest BCUT2D eigenvalue weighted by Gasteiger charge is 2.22. The standard InChI is InChI=1S/C13H10N2O6S2/c16-22(17,18)8-5-6-12(23(19,20)21)9(7-8)13-14-10-3-1-2-4-11(10)15-13/h1-7H,(H,14,15)(H,16,17,18)(H,19,20,21). The molecular weight excluding hydrogens is 344 g/mol. The molecule has 0 saturated carbocycles. The highest BCUT2D eigenvalue weighted by atomic mass is 32.2. The molecule has 2 aromatic carbocycles. The number of benzene rings is 2. The molecule has 1 heterocycles. The summed E-state index contributed by atoms with van der Waals surface area (Å²) in [6.45, 7) is 0. The van der Waals surface area contributed by atoms with E-state index in [4.69, 9.17) is 4.55 Å². The van der Waals surface area contributed by atoms with Crippen LogP contribution in [0.2, 0.25) is 0 Å². The van der Waals surface area contributed by atoms with E-state index in [1.807, 2.05) is 0 Å². The molecule has 0 bridgehead atoms. The number of aromatic nitrogens is 2. The van der Waals surface area contributed by atoms with E-state index in [1.54, 1.807) is 24.3 Å². The maximum atomic E-state index is 11.5. The summed E-state index contributed by atoms with van der Waals surface area (Å²) < 4.78 is 64.0. The Hall–Kier alpha value is -2.27. The summed E-state index contributed by atoms with van der Waals surface area (Å²) in [5, 5.41) is 0. The monoisotopic (exact) mass is 354 g/mol. The summed E-state index contributed by atoms with van der Waals surface area (Å²) in [4.78, 5) is 5.97. The van der Waals surface area contributed by atoms with E-state index in [0.29, 0.717) is 11.0 Å². The van der Waals surface area contributed by atoms with Crippen LogP contribution in [0.5, 0.6) is 0 Å². The fourth-order valence-electron chi connectivity index (χ4n) is 2.16. The van der Waals surface area contributed by atoms with Gasteiger partial charge in [-0.1, -0.05) is 12.1 Å². The molecule has 0 atom stereocenters. The van der Waals surface area contributed by atoms with Gasteiger partial charge in [-0.2, -0.15) is 16.8 Å². The molecule has 0 saturated heterocycles. The number of fused-ring (bicyclic) bond motifs is 1. The van der Waals surface area contributed by atoms with Gasteiger partial charge in [-0.25, -0.2) is 4.98 Å². The number of H-pyrrole nitrogens is 1. The lowest BCUT2D eigenvalue weighted by Gasteiger charge is -2.06. The molecule has 1 aromatic heterocycles. The third-order valence-electron chi connectivity index (χ3n) is 3.17. The summed E-state index contributed by atoms with van der Waals surface area (Å²) in [5.74, 6) is 0.0457. The van der Waals surface area contributed by atoms with E-state index in [9.17, 15) is 21.4 Å². The van der Waals surface area contributed by atoms with Crippen LogP contribution in [0.4, 0.5) is 0 Å². The molecule has 0 aliphatic heterocycles. The van der Waals surface area contributed by atoms with E-state index >= 15 is 0 Å². The number of hydrogen-bond donors (Lipinski definition) is 3. The van der Waals surface area contributed by atoms with Crippen LogP contribution in [0.1, 0.15) is 0 Å². The minimum absolute atomic E-state index is 0.0457. The van der Waals surface area contributed by atoms with Gasteiger partial charge in [0, 0.05) is 5.56 Å². The Morgan fingerprint density at radius 3 is 2.22 bits per heavy atom. The lowest BCUT2D eigenvalue weighted by molar-refractivity contribution is 0.478. The Morgan fingerprint density at radius 2 is 1.61 bits per heavy atom. The predicted molar refractivity (Wildman–Crippen MR) is 81.2 cm³/mol. The molecule has 23 heavy (non-hydrogen) atoms. The third kappa shape index (κ3) is 2.97. The van der Waals surface area contributed by atoms with Gasteiger partial charge in [0.1, 0.15) is 10.7 Å². The first-order chi connectivity index (χ1) is 10.7. The number of imidazole rings is 1. The first-order valence-corrected chi connectivity index (χ1v) is 9.08. The number of nitrogens with one attached hydrogen (secondary N) is 1. The molecule has 120 valence electrons. The van der Waals surface area contributed by atoms with E-state index in [-0.39, 0.29) is 11.4 Å². The van der Waals surface area contributed by atoms with Crippen molar-refractivity contribution in [2.75, 3.05) is 0 Å². The van der Waals surface area contributed by atoms with Crippen LogP contribution in [0.25, 0.3) is 22.4 Å². The van der Waals surface area contributed by atoms with Crippen molar-refractivity contribution in [2.24, 2.45) is 0 Å². The molecule has 0 aliphatic carbocycles. The molecule has 0 unspecified atom stereocenters. The molecule has 0 aliphatic rings. The average molecular weight is 354 g/mol. The van der Waals surface area contributed by atoms with E-state index in [0.717, 1.165) is 18.2 Å². The SMILES string of the molecule is O=S(=O)(O)c1ccc(S(=O)(=O)O)c(-c2nc3ccccc3[nH]2)c1. The van der Waals surface area contributed by atoms with Crippen molar-refractivity contribution < 1.29 is 25.9 Å².